The monoisotopic (exact) mass is 376 g/mol. The molecule has 1 aromatic rings. The maximum atomic E-state index is 9.42. The summed E-state index contributed by atoms with van der Waals surface area (Å²) in [6, 6.07) is 10.8. The zero-order chi connectivity index (χ0) is 16.7. The molecule has 0 bridgehead atoms. The Morgan fingerprint density at radius 1 is 1.30 bits per heavy atom. The Hall–Kier alpha value is -1.36. The van der Waals surface area contributed by atoms with Gasteiger partial charge in [0.15, 0.2) is 0 Å². The van der Waals surface area contributed by atoms with E-state index in [1.54, 1.807) is 6.08 Å². The lowest BCUT2D eigenvalue weighted by Gasteiger charge is -2.43. The molecule has 0 spiro atoms. The molecule has 0 aliphatic carbocycles. The van der Waals surface area contributed by atoms with E-state index >= 15 is 0 Å². The summed E-state index contributed by atoms with van der Waals surface area (Å²) in [5, 5.41) is 9.42. The molecule has 1 atom stereocenters. The van der Waals surface area contributed by atoms with Crippen molar-refractivity contribution < 1.29 is 5.11 Å². The fraction of sp³-hybridized carbons (Fsp3) is 0.368. The molecular weight excluding hydrogens is 352 g/mol. The second-order valence-electron chi connectivity index (χ2n) is 5.78. The van der Waals surface area contributed by atoms with Crippen LogP contribution in [0.3, 0.4) is 0 Å². The van der Waals surface area contributed by atoms with Gasteiger partial charge in [-0.05, 0) is 34.0 Å². The first kappa shape index (κ1) is 18.0. The first-order valence-corrected chi connectivity index (χ1v) is 8.76. The lowest BCUT2D eigenvalue weighted by molar-refractivity contribution is 0.0822. The van der Waals surface area contributed by atoms with E-state index in [2.05, 4.69) is 63.2 Å². The van der Waals surface area contributed by atoms with Crippen LogP contribution in [0.5, 0.6) is 0 Å². The number of aliphatic hydroxyl groups is 1. The third-order valence-electron chi connectivity index (χ3n) is 4.16. The van der Waals surface area contributed by atoms with Gasteiger partial charge >= 0.3 is 0 Å². The third kappa shape index (κ3) is 5.06. The second kappa shape index (κ2) is 9.06. The smallest absolute Gasteiger partial charge is 0.0451 e. The standard InChI is InChI=1S/C19H25BrN2O/c1-3-7-19(20)16(2)22-12-11-21(15-18(22)10-13-23)14-17-8-5-4-6-9-17/h3-9,18,23H,1-2,10-15H2/b19-7+. The van der Waals surface area contributed by atoms with Crippen LogP contribution in [0.15, 0.2) is 65.8 Å². The van der Waals surface area contributed by atoms with E-state index in [1.165, 1.54) is 5.56 Å². The van der Waals surface area contributed by atoms with Crippen molar-refractivity contribution in [2.75, 3.05) is 26.2 Å². The van der Waals surface area contributed by atoms with Crippen LogP contribution in [0, 0.1) is 0 Å². The molecule has 4 heteroatoms. The average Bonchev–Trinajstić information content (AvgIpc) is 2.56. The van der Waals surface area contributed by atoms with Crippen molar-refractivity contribution in [3.63, 3.8) is 0 Å². The van der Waals surface area contributed by atoms with Crippen molar-refractivity contribution in [2.24, 2.45) is 0 Å². The van der Waals surface area contributed by atoms with Gasteiger partial charge < -0.3 is 10.0 Å². The molecule has 0 radical (unpaired) electrons. The van der Waals surface area contributed by atoms with Crippen molar-refractivity contribution in [1.29, 1.82) is 0 Å². The lowest BCUT2D eigenvalue weighted by Crippen LogP contribution is -2.52. The SMILES string of the molecule is C=C/C=C(/Br)C(=C)N1CCN(Cc2ccccc2)CC1CCO. The maximum absolute atomic E-state index is 9.42. The fourth-order valence-electron chi connectivity index (χ4n) is 2.99. The Balaban J connectivity index is 2.04. The predicted octanol–water partition coefficient (Wildman–Crippen LogP) is 3.53. The Morgan fingerprint density at radius 2 is 2.04 bits per heavy atom. The highest BCUT2D eigenvalue weighted by Crippen LogP contribution is 2.26. The van der Waals surface area contributed by atoms with Gasteiger partial charge in [-0.15, -0.1) is 0 Å². The van der Waals surface area contributed by atoms with Gasteiger partial charge in [0, 0.05) is 49.0 Å². The summed E-state index contributed by atoms with van der Waals surface area (Å²) < 4.78 is 0.951. The number of aliphatic hydroxyl groups excluding tert-OH is 1. The number of hydrogen-bond donors (Lipinski definition) is 1. The van der Waals surface area contributed by atoms with Crippen LogP contribution in [0.1, 0.15) is 12.0 Å². The van der Waals surface area contributed by atoms with E-state index in [4.69, 9.17) is 0 Å². The van der Waals surface area contributed by atoms with Gasteiger partial charge in [-0.25, -0.2) is 0 Å². The molecule has 3 nitrogen and oxygen atoms in total. The lowest BCUT2D eigenvalue weighted by atomic mass is 10.1. The maximum Gasteiger partial charge on any atom is 0.0451 e. The largest absolute Gasteiger partial charge is 0.396 e. The van der Waals surface area contributed by atoms with Gasteiger partial charge in [0.05, 0.1) is 0 Å². The number of allylic oxidation sites excluding steroid dienone is 3. The highest BCUT2D eigenvalue weighted by Gasteiger charge is 2.28. The normalized spacial score (nSPS) is 19.7. The van der Waals surface area contributed by atoms with E-state index in [0.717, 1.165) is 42.8 Å². The molecule has 0 saturated carbocycles. The number of nitrogens with zero attached hydrogens (tertiary/aromatic N) is 2. The van der Waals surface area contributed by atoms with Crippen molar-refractivity contribution in [3.05, 3.63) is 71.4 Å². The molecule has 1 aromatic carbocycles. The summed E-state index contributed by atoms with van der Waals surface area (Å²) in [4.78, 5) is 4.74. The Bertz CT molecular complexity index is 556. The fourth-order valence-corrected chi connectivity index (χ4v) is 3.41. The minimum Gasteiger partial charge on any atom is -0.396 e. The van der Waals surface area contributed by atoms with Crippen molar-refractivity contribution in [1.82, 2.24) is 9.80 Å². The van der Waals surface area contributed by atoms with Gasteiger partial charge in [0.25, 0.3) is 0 Å². The summed E-state index contributed by atoms with van der Waals surface area (Å²) in [7, 11) is 0. The van der Waals surface area contributed by atoms with Crippen LogP contribution in [0.4, 0.5) is 0 Å². The summed E-state index contributed by atoms with van der Waals surface area (Å²) in [5.74, 6) is 0. The first-order valence-electron chi connectivity index (χ1n) is 7.97. The summed E-state index contributed by atoms with van der Waals surface area (Å²) >= 11 is 3.56. The number of rotatable bonds is 7. The highest BCUT2D eigenvalue weighted by molar-refractivity contribution is 9.12. The average molecular weight is 377 g/mol. The minimum absolute atomic E-state index is 0.191. The molecule has 1 N–H and O–H groups in total. The van der Waals surface area contributed by atoms with E-state index in [9.17, 15) is 5.11 Å². The van der Waals surface area contributed by atoms with Crippen LogP contribution in [-0.2, 0) is 6.54 Å². The molecule has 1 aliphatic rings. The second-order valence-corrected chi connectivity index (χ2v) is 6.63. The molecule has 0 amide bonds. The number of hydrogen-bond acceptors (Lipinski definition) is 3. The van der Waals surface area contributed by atoms with Crippen LogP contribution in [0.2, 0.25) is 0 Å². The quantitative estimate of drug-likeness (QED) is 0.737. The number of halogens is 1. The zero-order valence-electron chi connectivity index (χ0n) is 13.5. The molecule has 1 aliphatic heterocycles. The minimum atomic E-state index is 0.191. The molecular formula is C19H25BrN2O. The summed E-state index contributed by atoms with van der Waals surface area (Å²) in [5.41, 5.74) is 2.29. The third-order valence-corrected chi connectivity index (χ3v) is 4.89. The molecule has 1 unspecified atom stereocenters. The molecule has 23 heavy (non-hydrogen) atoms. The van der Waals surface area contributed by atoms with E-state index in [-0.39, 0.29) is 12.6 Å². The van der Waals surface area contributed by atoms with Gasteiger partial charge in [0.1, 0.15) is 0 Å². The van der Waals surface area contributed by atoms with Crippen molar-refractivity contribution in [3.8, 4) is 0 Å². The molecule has 0 aromatic heterocycles. The van der Waals surface area contributed by atoms with E-state index < -0.39 is 0 Å². The highest BCUT2D eigenvalue weighted by atomic mass is 79.9. The van der Waals surface area contributed by atoms with Gasteiger partial charge in [-0.1, -0.05) is 49.6 Å². The topological polar surface area (TPSA) is 26.7 Å². The van der Waals surface area contributed by atoms with Crippen molar-refractivity contribution in [2.45, 2.75) is 19.0 Å². The number of benzene rings is 1. The Kier molecular flexibility index (Phi) is 7.09. The van der Waals surface area contributed by atoms with E-state index in [0.29, 0.717) is 0 Å². The predicted molar refractivity (Wildman–Crippen MR) is 100 cm³/mol. The molecule has 2 rings (SSSR count). The van der Waals surface area contributed by atoms with Gasteiger partial charge in [-0.3, -0.25) is 4.90 Å². The van der Waals surface area contributed by atoms with Crippen molar-refractivity contribution >= 4 is 15.9 Å². The Morgan fingerprint density at radius 3 is 2.70 bits per heavy atom. The molecule has 124 valence electrons. The summed E-state index contributed by atoms with van der Waals surface area (Å²) in [6.45, 7) is 11.9. The van der Waals surface area contributed by atoms with Gasteiger partial charge in [-0.2, -0.15) is 0 Å². The van der Waals surface area contributed by atoms with Gasteiger partial charge in [0.2, 0.25) is 0 Å². The Labute approximate surface area is 147 Å². The molecule has 1 fully saturated rings. The van der Waals surface area contributed by atoms with Crippen LogP contribution < -0.4 is 0 Å². The van der Waals surface area contributed by atoms with E-state index in [1.807, 2.05) is 12.1 Å². The van der Waals surface area contributed by atoms with Crippen LogP contribution >= 0.6 is 15.9 Å². The zero-order valence-corrected chi connectivity index (χ0v) is 15.1. The molecule has 1 heterocycles. The summed E-state index contributed by atoms with van der Waals surface area (Å²) in [6.07, 6.45) is 4.41. The number of piperazine rings is 1. The van der Waals surface area contributed by atoms with Crippen LogP contribution in [-0.4, -0.2) is 47.2 Å². The molecule has 1 saturated heterocycles. The first-order chi connectivity index (χ1) is 11.2. The van der Waals surface area contributed by atoms with Crippen LogP contribution in [0.25, 0.3) is 0 Å².